The second-order valence-electron chi connectivity index (χ2n) is 6.82. The van der Waals surface area contributed by atoms with Crippen molar-refractivity contribution >= 4 is 45.3 Å². The summed E-state index contributed by atoms with van der Waals surface area (Å²) in [6.07, 6.45) is 0. The van der Waals surface area contributed by atoms with Gasteiger partial charge in [-0.25, -0.2) is 4.79 Å². The molecule has 0 aromatic heterocycles. The molecule has 0 atom stereocenters. The summed E-state index contributed by atoms with van der Waals surface area (Å²) in [6.45, 7) is 4.11. The molecule has 0 bridgehead atoms. The minimum absolute atomic E-state index is 0.0711. The Morgan fingerprint density at radius 3 is 2.39 bits per heavy atom. The van der Waals surface area contributed by atoms with Gasteiger partial charge >= 0.3 is 5.97 Å². The summed E-state index contributed by atoms with van der Waals surface area (Å²) in [6, 6.07) is 8.72. The molecule has 0 radical (unpaired) electrons. The molecule has 1 aliphatic heterocycles. The van der Waals surface area contributed by atoms with Crippen LogP contribution in [-0.4, -0.2) is 40.2 Å². The molecular weight excluding hydrogens is 428 g/mol. The van der Waals surface area contributed by atoms with Gasteiger partial charge in [-0.1, -0.05) is 29.8 Å². The summed E-state index contributed by atoms with van der Waals surface area (Å²) in [4.78, 5) is 50.1. The van der Waals surface area contributed by atoms with E-state index >= 15 is 0 Å². The van der Waals surface area contributed by atoms with Crippen molar-refractivity contribution in [3.05, 3.63) is 63.1 Å². The van der Waals surface area contributed by atoms with E-state index in [4.69, 9.17) is 0 Å². The molecular formula is C20H17BrN2O5. The summed E-state index contributed by atoms with van der Waals surface area (Å²) in [5.41, 5.74) is 0.651. The first-order valence-corrected chi connectivity index (χ1v) is 9.32. The fourth-order valence-electron chi connectivity index (χ4n) is 2.96. The van der Waals surface area contributed by atoms with Gasteiger partial charge in [0.1, 0.15) is 0 Å². The van der Waals surface area contributed by atoms with Crippen LogP contribution in [0.25, 0.3) is 0 Å². The van der Waals surface area contributed by atoms with Crippen molar-refractivity contribution in [3.8, 4) is 0 Å². The van der Waals surface area contributed by atoms with Crippen molar-refractivity contribution < 1.29 is 24.3 Å². The predicted octanol–water partition coefficient (Wildman–Crippen LogP) is 3.65. The van der Waals surface area contributed by atoms with Crippen LogP contribution in [0, 0.1) is 5.92 Å². The normalized spacial score (nSPS) is 13.1. The van der Waals surface area contributed by atoms with Gasteiger partial charge in [-0.3, -0.25) is 19.3 Å². The number of fused-ring (bicyclic) bond motifs is 1. The summed E-state index contributed by atoms with van der Waals surface area (Å²) in [7, 11) is 0. The Labute approximate surface area is 169 Å². The molecule has 0 unspecified atom stereocenters. The average molecular weight is 445 g/mol. The van der Waals surface area contributed by atoms with Crippen LogP contribution in [0.2, 0.25) is 0 Å². The minimum Gasteiger partial charge on any atom is -0.478 e. The molecule has 0 saturated carbocycles. The van der Waals surface area contributed by atoms with Gasteiger partial charge in [0, 0.05) is 16.6 Å². The van der Waals surface area contributed by atoms with Gasteiger partial charge in [-0.05, 0) is 42.3 Å². The summed E-state index contributed by atoms with van der Waals surface area (Å²) < 4.78 is 0.565. The van der Waals surface area contributed by atoms with Gasteiger partial charge in [0.25, 0.3) is 17.7 Å². The molecule has 0 fully saturated rings. The highest BCUT2D eigenvalue weighted by Gasteiger charge is 2.36. The molecule has 0 spiro atoms. The topological polar surface area (TPSA) is 104 Å². The van der Waals surface area contributed by atoms with Crippen LogP contribution in [0.1, 0.15) is 55.3 Å². The van der Waals surface area contributed by atoms with Crippen molar-refractivity contribution in [2.45, 2.75) is 13.8 Å². The lowest BCUT2D eigenvalue weighted by molar-refractivity contribution is 0.0633. The second kappa shape index (κ2) is 7.55. The van der Waals surface area contributed by atoms with Crippen molar-refractivity contribution in [1.82, 2.24) is 4.90 Å². The minimum atomic E-state index is -1.18. The van der Waals surface area contributed by atoms with E-state index in [1.807, 2.05) is 13.8 Å². The predicted molar refractivity (Wildman–Crippen MR) is 106 cm³/mol. The van der Waals surface area contributed by atoms with Gasteiger partial charge in [-0.2, -0.15) is 0 Å². The quantitative estimate of drug-likeness (QED) is 0.684. The molecule has 0 saturated heterocycles. The number of benzene rings is 2. The number of carboxylic acid groups (broad SMARTS) is 1. The molecule has 2 N–H and O–H groups in total. The lowest BCUT2D eigenvalue weighted by Crippen LogP contribution is -2.33. The largest absolute Gasteiger partial charge is 0.478 e. The lowest BCUT2D eigenvalue weighted by Gasteiger charge is -2.15. The number of hydrogen-bond acceptors (Lipinski definition) is 4. The zero-order chi connectivity index (χ0) is 20.6. The monoisotopic (exact) mass is 444 g/mol. The third-order valence-electron chi connectivity index (χ3n) is 4.24. The number of imide groups is 1. The smallest absolute Gasteiger partial charge is 0.337 e. The van der Waals surface area contributed by atoms with Crippen LogP contribution >= 0.6 is 15.9 Å². The maximum absolute atomic E-state index is 12.6. The summed E-state index contributed by atoms with van der Waals surface area (Å²) >= 11 is 3.19. The fraction of sp³-hybridized carbons (Fsp3) is 0.200. The van der Waals surface area contributed by atoms with Crippen LogP contribution < -0.4 is 5.32 Å². The molecule has 0 aliphatic carbocycles. The zero-order valence-electron chi connectivity index (χ0n) is 15.2. The van der Waals surface area contributed by atoms with Gasteiger partial charge in [0.15, 0.2) is 0 Å². The zero-order valence-corrected chi connectivity index (χ0v) is 16.7. The van der Waals surface area contributed by atoms with Gasteiger partial charge in [0.2, 0.25) is 0 Å². The van der Waals surface area contributed by atoms with E-state index in [9.17, 15) is 24.3 Å². The molecule has 3 amide bonds. The SMILES string of the molecule is CC(C)CN1C(=O)c2ccc(C(=O)Nc3ccc(Br)cc3C(=O)O)cc2C1=O. The number of carbonyl (C=O) groups excluding carboxylic acids is 3. The number of nitrogens with zero attached hydrogens (tertiary/aromatic N) is 1. The van der Waals surface area contributed by atoms with E-state index < -0.39 is 17.8 Å². The maximum atomic E-state index is 12.6. The fourth-order valence-corrected chi connectivity index (χ4v) is 3.32. The highest BCUT2D eigenvalue weighted by Crippen LogP contribution is 2.26. The number of aromatic carboxylic acids is 1. The van der Waals surface area contributed by atoms with E-state index in [1.165, 1.54) is 35.2 Å². The Bertz CT molecular complexity index is 1020. The standard InChI is InChI=1S/C20H17BrN2O5/c1-10(2)9-23-18(25)13-5-3-11(7-14(13)19(23)26)17(24)22-16-6-4-12(21)8-15(16)20(27)28/h3-8,10H,9H2,1-2H3,(H,22,24)(H,27,28). The van der Waals surface area contributed by atoms with E-state index in [1.54, 1.807) is 6.07 Å². The Morgan fingerprint density at radius 2 is 1.75 bits per heavy atom. The Balaban J connectivity index is 1.89. The molecule has 1 heterocycles. The summed E-state index contributed by atoms with van der Waals surface area (Å²) in [5, 5.41) is 11.9. The molecule has 2 aromatic rings. The van der Waals surface area contributed by atoms with Crippen molar-refractivity contribution in [2.24, 2.45) is 5.92 Å². The first-order chi connectivity index (χ1) is 13.2. The first-order valence-electron chi connectivity index (χ1n) is 8.53. The third kappa shape index (κ3) is 3.68. The molecule has 28 heavy (non-hydrogen) atoms. The van der Waals surface area contributed by atoms with Crippen molar-refractivity contribution in [1.29, 1.82) is 0 Å². The molecule has 144 valence electrons. The van der Waals surface area contributed by atoms with Crippen molar-refractivity contribution in [3.63, 3.8) is 0 Å². The van der Waals surface area contributed by atoms with Crippen LogP contribution in [0.5, 0.6) is 0 Å². The van der Waals surface area contributed by atoms with Crippen LogP contribution in [0.15, 0.2) is 40.9 Å². The Hall–Kier alpha value is -3.00. The Morgan fingerprint density at radius 1 is 1.07 bits per heavy atom. The number of carboxylic acids is 1. The van der Waals surface area contributed by atoms with Crippen LogP contribution in [-0.2, 0) is 0 Å². The third-order valence-corrected chi connectivity index (χ3v) is 4.73. The van der Waals surface area contributed by atoms with Crippen LogP contribution in [0.3, 0.4) is 0 Å². The van der Waals surface area contributed by atoms with E-state index in [0.717, 1.165) is 0 Å². The van der Waals surface area contributed by atoms with Gasteiger partial charge < -0.3 is 10.4 Å². The van der Waals surface area contributed by atoms with E-state index in [-0.39, 0.29) is 39.8 Å². The van der Waals surface area contributed by atoms with Gasteiger partial charge in [0.05, 0.1) is 22.4 Å². The Kier molecular flexibility index (Phi) is 5.33. The van der Waals surface area contributed by atoms with Gasteiger partial charge in [-0.15, -0.1) is 0 Å². The molecule has 8 heteroatoms. The van der Waals surface area contributed by atoms with E-state index in [2.05, 4.69) is 21.2 Å². The number of amides is 3. The number of nitrogens with one attached hydrogen (secondary N) is 1. The number of carbonyl (C=O) groups is 4. The highest BCUT2D eigenvalue weighted by molar-refractivity contribution is 9.10. The second-order valence-corrected chi connectivity index (χ2v) is 7.74. The number of anilines is 1. The highest BCUT2D eigenvalue weighted by atomic mass is 79.9. The lowest BCUT2D eigenvalue weighted by atomic mass is 10.0. The number of rotatable bonds is 5. The first kappa shape index (κ1) is 19.8. The molecule has 2 aromatic carbocycles. The molecule has 1 aliphatic rings. The molecule has 3 rings (SSSR count). The number of halogens is 1. The van der Waals surface area contributed by atoms with E-state index in [0.29, 0.717) is 11.0 Å². The van der Waals surface area contributed by atoms with Crippen molar-refractivity contribution in [2.75, 3.05) is 11.9 Å². The average Bonchev–Trinajstić information content (AvgIpc) is 2.87. The molecule has 7 nitrogen and oxygen atoms in total. The van der Waals surface area contributed by atoms with Crippen LogP contribution in [0.4, 0.5) is 5.69 Å². The number of hydrogen-bond donors (Lipinski definition) is 2. The summed E-state index contributed by atoms with van der Waals surface area (Å²) in [5.74, 6) is -2.44. The maximum Gasteiger partial charge on any atom is 0.337 e.